The summed E-state index contributed by atoms with van der Waals surface area (Å²) in [6.45, 7) is 0.545. The monoisotopic (exact) mass is 297 g/mol. The second kappa shape index (κ2) is 6.62. The summed E-state index contributed by atoms with van der Waals surface area (Å²) in [5, 5.41) is 12.2. The fourth-order valence-corrected chi connectivity index (χ4v) is 2.74. The second-order valence-corrected chi connectivity index (χ2v) is 5.53. The normalized spacial score (nSPS) is 20.7. The van der Waals surface area contributed by atoms with Gasteiger partial charge in [0.05, 0.1) is 0 Å². The summed E-state index contributed by atoms with van der Waals surface area (Å²) >= 11 is 0. The molecule has 0 spiro atoms. The van der Waals surface area contributed by atoms with Gasteiger partial charge < -0.3 is 9.84 Å². The standard InChI is InChI=1S/C18H19NO3/c20-18(21)17-11-10-16(19-17)14-6-8-15(9-7-14)22-12-13-4-2-1-3-5-13/h1-9,16-17,19H,10-12H2,(H,20,21)/t16-,17-/m0/s1. The highest BCUT2D eigenvalue weighted by molar-refractivity contribution is 5.73. The van der Waals surface area contributed by atoms with Gasteiger partial charge in [-0.25, -0.2) is 0 Å². The Balaban J connectivity index is 1.58. The summed E-state index contributed by atoms with van der Waals surface area (Å²) in [5.41, 5.74) is 2.24. The first kappa shape index (κ1) is 14.6. The van der Waals surface area contributed by atoms with Gasteiger partial charge in [-0.15, -0.1) is 0 Å². The number of aliphatic carboxylic acids is 1. The molecule has 0 unspecified atom stereocenters. The Morgan fingerprint density at radius 3 is 2.45 bits per heavy atom. The smallest absolute Gasteiger partial charge is 0.320 e. The minimum atomic E-state index is -0.773. The first-order chi connectivity index (χ1) is 10.7. The van der Waals surface area contributed by atoms with E-state index in [-0.39, 0.29) is 6.04 Å². The Morgan fingerprint density at radius 1 is 1.09 bits per heavy atom. The highest BCUT2D eigenvalue weighted by Gasteiger charge is 2.29. The molecule has 2 aromatic carbocycles. The number of benzene rings is 2. The maximum atomic E-state index is 11.0. The SMILES string of the molecule is O=C(O)[C@@H]1CC[C@@H](c2ccc(OCc3ccccc3)cc2)N1. The van der Waals surface area contributed by atoms with E-state index in [9.17, 15) is 4.79 Å². The third-order valence-corrected chi connectivity index (χ3v) is 3.98. The quantitative estimate of drug-likeness (QED) is 0.890. The zero-order chi connectivity index (χ0) is 15.4. The molecule has 1 aliphatic rings. The number of hydrogen-bond donors (Lipinski definition) is 2. The molecule has 1 heterocycles. The van der Waals surface area contributed by atoms with Crippen LogP contribution in [0.15, 0.2) is 54.6 Å². The highest BCUT2D eigenvalue weighted by Crippen LogP contribution is 2.28. The van der Waals surface area contributed by atoms with Gasteiger partial charge in [0.1, 0.15) is 18.4 Å². The molecule has 1 saturated heterocycles. The molecular weight excluding hydrogens is 278 g/mol. The lowest BCUT2D eigenvalue weighted by Crippen LogP contribution is -2.31. The molecule has 4 heteroatoms. The lowest BCUT2D eigenvalue weighted by atomic mass is 10.1. The minimum absolute atomic E-state index is 0.115. The zero-order valence-corrected chi connectivity index (χ0v) is 12.2. The summed E-state index contributed by atoms with van der Waals surface area (Å²) in [5.74, 6) is 0.0469. The summed E-state index contributed by atoms with van der Waals surface area (Å²) in [4.78, 5) is 11.0. The van der Waals surface area contributed by atoms with E-state index in [0.717, 1.165) is 23.3 Å². The van der Waals surface area contributed by atoms with E-state index >= 15 is 0 Å². The van der Waals surface area contributed by atoms with E-state index in [1.165, 1.54) is 0 Å². The molecule has 0 saturated carbocycles. The van der Waals surface area contributed by atoms with E-state index in [1.807, 2.05) is 54.6 Å². The molecule has 3 rings (SSSR count). The van der Waals surface area contributed by atoms with Crippen LogP contribution in [0, 0.1) is 0 Å². The number of ether oxygens (including phenoxy) is 1. The molecule has 0 aliphatic carbocycles. The number of nitrogens with one attached hydrogen (secondary N) is 1. The fourth-order valence-electron chi connectivity index (χ4n) is 2.74. The molecule has 114 valence electrons. The largest absolute Gasteiger partial charge is 0.489 e. The van der Waals surface area contributed by atoms with Crippen molar-refractivity contribution in [3.63, 3.8) is 0 Å². The number of hydrogen-bond acceptors (Lipinski definition) is 3. The summed E-state index contributed by atoms with van der Waals surface area (Å²) in [6, 6.07) is 17.6. The maximum absolute atomic E-state index is 11.0. The minimum Gasteiger partial charge on any atom is -0.489 e. The van der Waals surface area contributed by atoms with Gasteiger partial charge >= 0.3 is 5.97 Å². The van der Waals surface area contributed by atoms with Crippen molar-refractivity contribution in [3.05, 3.63) is 65.7 Å². The molecule has 0 radical (unpaired) electrons. The average molecular weight is 297 g/mol. The van der Waals surface area contributed by atoms with Gasteiger partial charge in [0.2, 0.25) is 0 Å². The Labute approximate surface area is 129 Å². The number of carboxylic acid groups (broad SMARTS) is 1. The van der Waals surface area contributed by atoms with Crippen LogP contribution < -0.4 is 10.1 Å². The number of rotatable bonds is 5. The van der Waals surface area contributed by atoms with Crippen molar-refractivity contribution in [2.24, 2.45) is 0 Å². The third-order valence-electron chi connectivity index (χ3n) is 3.98. The molecule has 4 nitrogen and oxygen atoms in total. The van der Waals surface area contributed by atoms with Gasteiger partial charge in [-0.05, 0) is 36.1 Å². The van der Waals surface area contributed by atoms with Crippen LogP contribution in [-0.4, -0.2) is 17.1 Å². The van der Waals surface area contributed by atoms with Crippen LogP contribution in [0.2, 0.25) is 0 Å². The van der Waals surface area contributed by atoms with Gasteiger partial charge in [-0.2, -0.15) is 0 Å². The van der Waals surface area contributed by atoms with Gasteiger partial charge in [0, 0.05) is 6.04 Å². The van der Waals surface area contributed by atoms with Crippen LogP contribution in [0.3, 0.4) is 0 Å². The second-order valence-electron chi connectivity index (χ2n) is 5.53. The van der Waals surface area contributed by atoms with Crippen molar-refractivity contribution < 1.29 is 14.6 Å². The number of carboxylic acids is 1. The molecule has 1 fully saturated rings. The lowest BCUT2D eigenvalue weighted by Gasteiger charge is -2.13. The molecular formula is C18H19NO3. The number of carbonyl (C=O) groups is 1. The Bertz CT molecular complexity index is 625. The maximum Gasteiger partial charge on any atom is 0.320 e. The zero-order valence-electron chi connectivity index (χ0n) is 12.2. The van der Waals surface area contributed by atoms with Crippen LogP contribution in [0.4, 0.5) is 0 Å². The molecule has 2 atom stereocenters. The van der Waals surface area contributed by atoms with Gasteiger partial charge in [0.15, 0.2) is 0 Å². The molecule has 2 N–H and O–H groups in total. The average Bonchev–Trinajstić information content (AvgIpc) is 3.05. The molecule has 1 aliphatic heterocycles. The van der Waals surface area contributed by atoms with E-state index in [4.69, 9.17) is 9.84 Å². The van der Waals surface area contributed by atoms with Crippen LogP contribution >= 0.6 is 0 Å². The van der Waals surface area contributed by atoms with Crippen molar-refractivity contribution in [2.45, 2.75) is 31.5 Å². The summed E-state index contributed by atoms with van der Waals surface area (Å²) in [6.07, 6.45) is 1.52. The lowest BCUT2D eigenvalue weighted by molar-refractivity contribution is -0.139. The first-order valence-electron chi connectivity index (χ1n) is 7.48. The summed E-state index contributed by atoms with van der Waals surface area (Å²) < 4.78 is 5.75. The molecule has 0 bridgehead atoms. The van der Waals surface area contributed by atoms with Crippen molar-refractivity contribution in [3.8, 4) is 5.75 Å². The molecule has 0 amide bonds. The van der Waals surface area contributed by atoms with E-state index in [2.05, 4.69) is 5.32 Å². The topological polar surface area (TPSA) is 58.6 Å². The van der Waals surface area contributed by atoms with Crippen molar-refractivity contribution in [1.82, 2.24) is 5.32 Å². The Hall–Kier alpha value is -2.33. The van der Waals surface area contributed by atoms with Crippen LogP contribution in [0.1, 0.15) is 30.0 Å². The van der Waals surface area contributed by atoms with E-state index in [1.54, 1.807) is 0 Å². The Morgan fingerprint density at radius 2 is 1.82 bits per heavy atom. The van der Waals surface area contributed by atoms with E-state index in [0.29, 0.717) is 13.0 Å². The van der Waals surface area contributed by atoms with Crippen LogP contribution in [0.25, 0.3) is 0 Å². The van der Waals surface area contributed by atoms with Gasteiger partial charge in [0.25, 0.3) is 0 Å². The molecule has 0 aromatic heterocycles. The van der Waals surface area contributed by atoms with Crippen LogP contribution in [-0.2, 0) is 11.4 Å². The predicted octanol–water partition coefficient (Wildman–Crippen LogP) is 3.14. The predicted molar refractivity (Wildman–Crippen MR) is 83.8 cm³/mol. The van der Waals surface area contributed by atoms with Crippen LogP contribution in [0.5, 0.6) is 5.75 Å². The van der Waals surface area contributed by atoms with Crippen molar-refractivity contribution in [2.75, 3.05) is 0 Å². The van der Waals surface area contributed by atoms with Gasteiger partial charge in [-0.1, -0.05) is 42.5 Å². The molecule has 2 aromatic rings. The summed E-state index contributed by atoms with van der Waals surface area (Å²) in [7, 11) is 0. The first-order valence-corrected chi connectivity index (χ1v) is 7.48. The Kier molecular flexibility index (Phi) is 4.39. The molecule has 22 heavy (non-hydrogen) atoms. The third kappa shape index (κ3) is 3.46. The van der Waals surface area contributed by atoms with E-state index < -0.39 is 12.0 Å². The van der Waals surface area contributed by atoms with Gasteiger partial charge in [-0.3, -0.25) is 10.1 Å². The van der Waals surface area contributed by atoms with Crippen molar-refractivity contribution >= 4 is 5.97 Å². The fraction of sp³-hybridized carbons (Fsp3) is 0.278. The highest BCUT2D eigenvalue weighted by atomic mass is 16.5. The van der Waals surface area contributed by atoms with Crippen molar-refractivity contribution in [1.29, 1.82) is 0 Å².